The minimum absolute atomic E-state index is 0.106. The summed E-state index contributed by atoms with van der Waals surface area (Å²) in [6.45, 7) is 9.31. The van der Waals surface area contributed by atoms with E-state index in [0.717, 1.165) is 43.9 Å². The van der Waals surface area contributed by atoms with E-state index in [0.29, 0.717) is 12.3 Å². The van der Waals surface area contributed by atoms with Crippen molar-refractivity contribution in [2.24, 2.45) is 0 Å². The Morgan fingerprint density at radius 2 is 1.96 bits per heavy atom. The first-order chi connectivity index (χ1) is 11.1. The minimum Gasteiger partial charge on any atom is -0.460 e. The lowest BCUT2D eigenvalue weighted by atomic mass is 10.2. The molecule has 1 aromatic carbocycles. The van der Waals surface area contributed by atoms with Crippen LogP contribution >= 0.6 is 11.6 Å². The number of nitrogens with one attached hydrogen (secondary N) is 1. The largest absolute Gasteiger partial charge is 0.460 e. The third kappa shape index (κ3) is 5.34. The molecule has 0 radical (unpaired) electrons. The SMILES string of the molecule is CCN(CC)CCCNCc1ccc(-c2ccc(F)c(Cl)c2)o1. The molecule has 0 aliphatic heterocycles. The van der Waals surface area contributed by atoms with Gasteiger partial charge in [0, 0.05) is 5.56 Å². The molecule has 0 saturated heterocycles. The second-order valence-corrected chi connectivity index (χ2v) is 5.86. The standard InChI is InChI=1S/C18H24ClFN2O/c1-3-22(4-2)11-5-10-21-13-15-7-9-18(23-15)14-6-8-17(20)16(19)12-14/h6-9,12,21H,3-5,10-11,13H2,1-2H3. The number of benzene rings is 1. The third-order valence-corrected chi connectivity index (χ3v) is 4.18. The van der Waals surface area contributed by atoms with E-state index in [-0.39, 0.29) is 5.02 Å². The van der Waals surface area contributed by atoms with Crippen molar-refractivity contribution in [1.29, 1.82) is 0 Å². The molecule has 0 saturated carbocycles. The van der Waals surface area contributed by atoms with Gasteiger partial charge in [0.15, 0.2) is 0 Å². The van der Waals surface area contributed by atoms with Gasteiger partial charge in [0.2, 0.25) is 0 Å². The van der Waals surface area contributed by atoms with E-state index < -0.39 is 5.82 Å². The van der Waals surface area contributed by atoms with Gasteiger partial charge in [-0.05, 0) is 62.9 Å². The van der Waals surface area contributed by atoms with Gasteiger partial charge in [-0.15, -0.1) is 0 Å². The molecule has 126 valence electrons. The molecule has 0 fully saturated rings. The summed E-state index contributed by atoms with van der Waals surface area (Å²) in [4.78, 5) is 2.41. The van der Waals surface area contributed by atoms with Gasteiger partial charge < -0.3 is 14.6 Å². The average molecular weight is 339 g/mol. The molecule has 2 rings (SSSR count). The fraction of sp³-hybridized carbons (Fsp3) is 0.444. The van der Waals surface area contributed by atoms with Gasteiger partial charge in [0.05, 0.1) is 11.6 Å². The molecule has 0 amide bonds. The summed E-state index contributed by atoms with van der Waals surface area (Å²) in [5, 5.41) is 3.49. The van der Waals surface area contributed by atoms with E-state index in [2.05, 4.69) is 24.1 Å². The van der Waals surface area contributed by atoms with Gasteiger partial charge in [-0.25, -0.2) is 4.39 Å². The molecule has 0 spiro atoms. The molecule has 2 aromatic rings. The van der Waals surface area contributed by atoms with Crippen LogP contribution < -0.4 is 5.32 Å². The molecule has 0 bridgehead atoms. The number of rotatable bonds is 9. The Morgan fingerprint density at radius 3 is 2.65 bits per heavy atom. The third-order valence-electron chi connectivity index (χ3n) is 3.89. The monoisotopic (exact) mass is 338 g/mol. The first-order valence-corrected chi connectivity index (χ1v) is 8.49. The lowest BCUT2D eigenvalue weighted by molar-refractivity contribution is 0.297. The van der Waals surface area contributed by atoms with Gasteiger partial charge in [-0.2, -0.15) is 0 Å². The Hall–Kier alpha value is -1.36. The summed E-state index contributed by atoms with van der Waals surface area (Å²) in [5.41, 5.74) is 0.782. The molecule has 0 aliphatic rings. The highest BCUT2D eigenvalue weighted by atomic mass is 35.5. The van der Waals surface area contributed by atoms with Gasteiger partial charge in [0.1, 0.15) is 17.3 Å². The van der Waals surface area contributed by atoms with Crippen LogP contribution in [-0.4, -0.2) is 31.1 Å². The highest BCUT2D eigenvalue weighted by Gasteiger charge is 2.07. The quantitative estimate of drug-likeness (QED) is 0.679. The van der Waals surface area contributed by atoms with Crippen molar-refractivity contribution in [3.63, 3.8) is 0 Å². The molecule has 0 aliphatic carbocycles. The Bertz CT molecular complexity index is 611. The number of hydrogen-bond acceptors (Lipinski definition) is 3. The summed E-state index contributed by atoms with van der Waals surface area (Å²) in [6, 6.07) is 8.42. The Morgan fingerprint density at radius 1 is 1.17 bits per heavy atom. The van der Waals surface area contributed by atoms with Crippen molar-refractivity contribution in [3.8, 4) is 11.3 Å². The van der Waals surface area contributed by atoms with E-state index in [1.54, 1.807) is 12.1 Å². The zero-order chi connectivity index (χ0) is 16.7. The van der Waals surface area contributed by atoms with Crippen LogP contribution in [0.4, 0.5) is 4.39 Å². The van der Waals surface area contributed by atoms with E-state index in [4.69, 9.17) is 16.0 Å². The second-order valence-electron chi connectivity index (χ2n) is 5.45. The molecule has 1 heterocycles. The maximum Gasteiger partial charge on any atom is 0.141 e. The number of hydrogen-bond donors (Lipinski definition) is 1. The average Bonchev–Trinajstić information content (AvgIpc) is 3.02. The molecule has 1 N–H and O–H groups in total. The van der Waals surface area contributed by atoms with Crippen LogP contribution in [0.15, 0.2) is 34.7 Å². The lowest BCUT2D eigenvalue weighted by Gasteiger charge is -2.17. The van der Waals surface area contributed by atoms with Gasteiger partial charge >= 0.3 is 0 Å². The molecule has 1 aromatic heterocycles. The fourth-order valence-electron chi connectivity index (χ4n) is 2.46. The number of halogens is 2. The van der Waals surface area contributed by atoms with Crippen LogP contribution in [-0.2, 0) is 6.54 Å². The summed E-state index contributed by atoms with van der Waals surface area (Å²) in [6.07, 6.45) is 1.11. The van der Waals surface area contributed by atoms with E-state index in [1.165, 1.54) is 6.07 Å². The van der Waals surface area contributed by atoms with E-state index in [9.17, 15) is 4.39 Å². The van der Waals surface area contributed by atoms with Crippen molar-refractivity contribution in [2.45, 2.75) is 26.8 Å². The van der Waals surface area contributed by atoms with Crippen LogP contribution in [0, 0.1) is 5.82 Å². The van der Waals surface area contributed by atoms with Crippen molar-refractivity contribution < 1.29 is 8.81 Å². The van der Waals surface area contributed by atoms with Crippen LogP contribution in [0.5, 0.6) is 0 Å². The first-order valence-electron chi connectivity index (χ1n) is 8.11. The van der Waals surface area contributed by atoms with E-state index in [1.807, 2.05) is 12.1 Å². The molecular formula is C18H24ClFN2O. The number of furan rings is 1. The molecule has 0 atom stereocenters. The van der Waals surface area contributed by atoms with Crippen molar-refractivity contribution in [2.75, 3.05) is 26.2 Å². The highest BCUT2D eigenvalue weighted by Crippen LogP contribution is 2.26. The highest BCUT2D eigenvalue weighted by molar-refractivity contribution is 6.31. The summed E-state index contributed by atoms with van der Waals surface area (Å²) >= 11 is 5.81. The molecule has 5 heteroatoms. The summed E-state index contributed by atoms with van der Waals surface area (Å²) < 4.78 is 19.0. The van der Waals surface area contributed by atoms with Gasteiger partial charge in [-0.3, -0.25) is 0 Å². The molecular weight excluding hydrogens is 315 g/mol. The Kier molecular flexibility index (Phi) is 7.09. The van der Waals surface area contributed by atoms with Crippen LogP contribution in [0.2, 0.25) is 5.02 Å². The van der Waals surface area contributed by atoms with Crippen LogP contribution in [0.3, 0.4) is 0 Å². The summed E-state index contributed by atoms with van der Waals surface area (Å²) in [5.74, 6) is 1.15. The summed E-state index contributed by atoms with van der Waals surface area (Å²) in [7, 11) is 0. The predicted octanol–water partition coefficient (Wildman–Crippen LogP) is 4.56. The first kappa shape index (κ1) is 18.0. The van der Waals surface area contributed by atoms with Gasteiger partial charge in [0.25, 0.3) is 0 Å². The van der Waals surface area contributed by atoms with Crippen molar-refractivity contribution >= 4 is 11.6 Å². The second kappa shape index (κ2) is 9.06. The maximum absolute atomic E-state index is 13.2. The zero-order valence-corrected chi connectivity index (χ0v) is 14.5. The Balaban J connectivity index is 1.80. The van der Waals surface area contributed by atoms with Crippen LogP contribution in [0.25, 0.3) is 11.3 Å². The van der Waals surface area contributed by atoms with Crippen LogP contribution in [0.1, 0.15) is 26.0 Å². The maximum atomic E-state index is 13.2. The van der Waals surface area contributed by atoms with E-state index >= 15 is 0 Å². The predicted molar refractivity (Wildman–Crippen MR) is 93.2 cm³/mol. The normalized spacial score (nSPS) is 11.3. The smallest absolute Gasteiger partial charge is 0.141 e. The van der Waals surface area contributed by atoms with Crippen molar-refractivity contribution in [3.05, 3.63) is 46.9 Å². The zero-order valence-electron chi connectivity index (χ0n) is 13.7. The molecule has 0 unspecified atom stereocenters. The fourth-order valence-corrected chi connectivity index (χ4v) is 2.64. The molecule has 23 heavy (non-hydrogen) atoms. The Labute approximate surface area is 142 Å². The number of nitrogens with zero attached hydrogens (tertiary/aromatic N) is 1. The van der Waals surface area contributed by atoms with Gasteiger partial charge in [-0.1, -0.05) is 25.4 Å². The minimum atomic E-state index is -0.419. The lowest BCUT2D eigenvalue weighted by Crippen LogP contribution is -2.27. The molecule has 3 nitrogen and oxygen atoms in total. The topological polar surface area (TPSA) is 28.4 Å². The van der Waals surface area contributed by atoms with Crippen molar-refractivity contribution in [1.82, 2.24) is 10.2 Å².